The van der Waals surface area contributed by atoms with Crippen molar-refractivity contribution < 1.29 is 18.4 Å². The molecule has 0 amide bonds. The molecule has 5 heteroatoms. The summed E-state index contributed by atoms with van der Waals surface area (Å²) in [5, 5.41) is 0. The van der Waals surface area contributed by atoms with Crippen molar-refractivity contribution in [2.24, 2.45) is 0 Å². The third-order valence-electron chi connectivity index (χ3n) is 1.92. The molecule has 0 radical (unpaired) electrons. The Labute approximate surface area is 93.4 Å². The van der Waals surface area contributed by atoms with Crippen LogP contribution in [-0.4, -0.2) is 12.1 Å². The van der Waals surface area contributed by atoms with Crippen LogP contribution in [0.15, 0.2) is 16.6 Å². The molecule has 0 aliphatic rings. The van der Waals surface area contributed by atoms with Crippen LogP contribution in [0.3, 0.4) is 0 Å². The quantitative estimate of drug-likeness (QED) is 0.626. The molecule has 0 bridgehead atoms. The molecule has 80 valence electrons. The molecule has 2 nitrogen and oxygen atoms in total. The van der Waals surface area contributed by atoms with Crippen molar-refractivity contribution in [3.05, 3.63) is 33.3 Å². The van der Waals surface area contributed by atoms with Gasteiger partial charge in [-0.1, -0.05) is 15.9 Å². The van der Waals surface area contributed by atoms with Crippen molar-refractivity contribution >= 4 is 28.0 Å². The van der Waals surface area contributed by atoms with Crippen LogP contribution in [0.2, 0.25) is 0 Å². The van der Waals surface area contributed by atoms with E-state index in [0.717, 1.165) is 6.07 Å². The summed E-state index contributed by atoms with van der Waals surface area (Å²) in [6, 6.07) is 2.40. The highest BCUT2D eigenvalue weighted by Gasteiger charge is 2.17. The monoisotopic (exact) mass is 276 g/mol. The summed E-state index contributed by atoms with van der Waals surface area (Å²) < 4.78 is 25.3. The molecule has 0 aliphatic heterocycles. The van der Waals surface area contributed by atoms with E-state index in [1.165, 1.54) is 13.0 Å². The molecule has 1 aromatic carbocycles. The zero-order chi connectivity index (χ0) is 11.6. The summed E-state index contributed by atoms with van der Waals surface area (Å²) in [6.07, 6.45) is -2.43. The van der Waals surface area contributed by atoms with E-state index in [9.17, 15) is 18.4 Å². The summed E-state index contributed by atoms with van der Waals surface area (Å²) in [5.74, 6) is -0.324. The third kappa shape index (κ3) is 2.47. The first-order chi connectivity index (χ1) is 6.97. The molecule has 0 spiro atoms. The van der Waals surface area contributed by atoms with Crippen LogP contribution in [0, 0.1) is 0 Å². The number of halogens is 3. The number of rotatable bonds is 3. The number of carbonyl (C=O) groups excluding carboxylic acids is 2. The lowest BCUT2D eigenvalue weighted by Gasteiger charge is -2.07. The van der Waals surface area contributed by atoms with E-state index in [2.05, 4.69) is 15.9 Å². The first kappa shape index (κ1) is 12.0. The number of aldehydes is 1. The van der Waals surface area contributed by atoms with Gasteiger partial charge in [-0.25, -0.2) is 8.78 Å². The van der Waals surface area contributed by atoms with Gasteiger partial charge in [-0.05, 0) is 19.1 Å². The second kappa shape index (κ2) is 4.61. The van der Waals surface area contributed by atoms with Gasteiger partial charge in [0.2, 0.25) is 0 Å². The number of benzene rings is 1. The Morgan fingerprint density at radius 2 is 2.07 bits per heavy atom. The summed E-state index contributed by atoms with van der Waals surface area (Å²) >= 11 is 2.98. The molecule has 1 aromatic rings. The highest BCUT2D eigenvalue weighted by Crippen LogP contribution is 2.29. The summed E-state index contributed by atoms with van der Waals surface area (Å²) in [4.78, 5) is 21.6. The van der Waals surface area contributed by atoms with Crippen molar-refractivity contribution in [1.82, 2.24) is 0 Å². The molecule has 0 fully saturated rings. The van der Waals surface area contributed by atoms with Gasteiger partial charge in [-0.2, -0.15) is 0 Å². The third-order valence-corrected chi connectivity index (χ3v) is 2.58. The Morgan fingerprint density at radius 1 is 1.47 bits per heavy atom. The number of hydrogen-bond donors (Lipinski definition) is 0. The fourth-order valence-electron chi connectivity index (χ4n) is 1.15. The molecule has 0 heterocycles. The lowest BCUT2D eigenvalue weighted by Crippen LogP contribution is -2.00. The van der Waals surface area contributed by atoms with Crippen LogP contribution in [0.1, 0.15) is 39.6 Å². The SMILES string of the molecule is CC(=O)c1cc(Br)c(C=O)c(C(F)F)c1. The minimum atomic E-state index is -2.78. The van der Waals surface area contributed by atoms with E-state index >= 15 is 0 Å². The predicted molar refractivity (Wildman–Crippen MR) is 54.5 cm³/mol. The second-order valence-corrected chi connectivity index (χ2v) is 3.79. The smallest absolute Gasteiger partial charge is 0.264 e. The van der Waals surface area contributed by atoms with E-state index in [-0.39, 0.29) is 21.4 Å². The lowest BCUT2D eigenvalue weighted by molar-refractivity contribution is 0.101. The fourth-order valence-corrected chi connectivity index (χ4v) is 1.72. The molecule has 0 N–H and O–H groups in total. The second-order valence-electron chi connectivity index (χ2n) is 2.94. The fraction of sp³-hybridized carbons (Fsp3) is 0.200. The summed E-state index contributed by atoms with van der Waals surface area (Å²) in [5.41, 5.74) is -0.387. The maximum Gasteiger partial charge on any atom is 0.264 e. The number of hydrogen-bond acceptors (Lipinski definition) is 2. The van der Waals surface area contributed by atoms with Crippen LogP contribution in [0.25, 0.3) is 0 Å². The molecule has 0 atom stereocenters. The molecular weight excluding hydrogens is 270 g/mol. The van der Waals surface area contributed by atoms with E-state index in [0.29, 0.717) is 6.29 Å². The highest BCUT2D eigenvalue weighted by atomic mass is 79.9. The van der Waals surface area contributed by atoms with E-state index in [1.54, 1.807) is 0 Å². The number of ketones is 1. The minimum Gasteiger partial charge on any atom is -0.298 e. The maximum absolute atomic E-state index is 12.5. The Balaban J connectivity index is 3.45. The zero-order valence-electron chi connectivity index (χ0n) is 7.76. The maximum atomic E-state index is 12.5. The standard InChI is InChI=1S/C10H7BrF2O2/c1-5(15)6-2-7(10(12)13)8(4-14)9(11)3-6/h2-4,10H,1H3. The summed E-state index contributed by atoms with van der Waals surface area (Å²) in [7, 11) is 0. The molecule has 0 aliphatic carbocycles. The van der Waals surface area contributed by atoms with Crippen molar-refractivity contribution in [2.75, 3.05) is 0 Å². The number of alkyl halides is 2. The van der Waals surface area contributed by atoms with Crippen molar-refractivity contribution in [3.8, 4) is 0 Å². The lowest BCUT2D eigenvalue weighted by atomic mass is 10.0. The van der Waals surface area contributed by atoms with Gasteiger partial charge in [0.1, 0.15) is 0 Å². The predicted octanol–water partition coefficient (Wildman–Crippen LogP) is 3.40. The van der Waals surface area contributed by atoms with Gasteiger partial charge in [0.15, 0.2) is 12.1 Å². The van der Waals surface area contributed by atoms with E-state index < -0.39 is 12.0 Å². The van der Waals surface area contributed by atoms with Crippen LogP contribution < -0.4 is 0 Å². The van der Waals surface area contributed by atoms with Crippen LogP contribution in [-0.2, 0) is 0 Å². The van der Waals surface area contributed by atoms with Gasteiger partial charge in [-0.15, -0.1) is 0 Å². The van der Waals surface area contributed by atoms with Gasteiger partial charge in [-0.3, -0.25) is 9.59 Å². The average Bonchev–Trinajstić information content (AvgIpc) is 2.16. The largest absolute Gasteiger partial charge is 0.298 e. The van der Waals surface area contributed by atoms with E-state index in [1.807, 2.05) is 0 Å². The molecule has 0 saturated heterocycles. The van der Waals surface area contributed by atoms with Crippen molar-refractivity contribution in [3.63, 3.8) is 0 Å². The minimum absolute atomic E-state index is 0.116. The number of Topliss-reactive ketones (excluding diaryl/α,β-unsaturated/α-hetero) is 1. The average molecular weight is 277 g/mol. The first-order valence-electron chi connectivity index (χ1n) is 4.05. The molecule has 15 heavy (non-hydrogen) atoms. The first-order valence-corrected chi connectivity index (χ1v) is 4.84. The van der Waals surface area contributed by atoms with Gasteiger partial charge < -0.3 is 0 Å². The molecule has 0 saturated carbocycles. The Morgan fingerprint density at radius 3 is 2.47 bits per heavy atom. The Hall–Kier alpha value is -1.10. The molecule has 0 aromatic heterocycles. The van der Waals surface area contributed by atoms with Crippen LogP contribution >= 0.6 is 15.9 Å². The molecule has 0 unspecified atom stereocenters. The molecule has 1 rings (SSSR count). The van der Waals surface area contributed by atoms with E-state index in [4.69, 9.17) is 0 Å². The Bertz CT molecular complexity index is 416. The molecular formula is C10H7BrF2O2. The highest BCUT2D eigenvalue weighted by molar-refractivity contribution is 9.10. The van der Waals surface area contributed by atoms with Gasteiger partial charge in [0.25, 0.3) is 6.43 Å². The van der Waals surface area contributed by atoms with Gasteiger partial charge >= 0.3 is 0 Å². The van der Waals surface area contributed by atoms with Gasteiger partial charge in [0.05, 0.1) is 0 Å². The van der Waals surface area contributed by atoms with Crippen LogP contribution in [0.5, 0.6) is 0 Å². The topological polar surface area (TPSA) is 34.1 Å². The number of carbonyl (C=O) groups is 2. The zero-order valence-corrected chi connectivity index (χ0v) is 9.35. The normalized spacial score (nSPS) is 10.5. The summed E-state index contributed by atoms with van der Waals surface area (Å²) in [6.45, 7) is 1.28. The van der Waals surface area contributed by atoms with Crippen molar-refractivity contribution in [1.29, 1.82) is 0 Å². The van der Waals surface area contributed by atoms with Crippen molar-refractivity contribution in [2.45, 2.75) is 13.3 Å². The van der Waals surface area contributed by atoms with Gasteiger partial charge in [0, 0.05) is 21.2 Å². The van der Waals surface area contributed by atoms with Crippen LogP contribution in [0.4, 0.5) is 8.78 Å². The Kier molecular flexibility index (Phi) is 3.68.